The minimum absolute atomic E-state index is 0.231. The summed E-state index contributed by atoms with van der Waals surface area (Å²) in [5.41, 5.74) is 1.86. The second-order valence-electron chi connectivity index (χ2n) is 6.92. The van der Waals surface area contributed by atoms with Crippen molar-refractivity contribution >= 4 is 11.8 Å². The number of anilines is 1. The molecule has 0 saturated carbocycles. The summed E-state index contributed by atoms with van der Waals surface area (Å²) in [4.78, 5) is 17.0. The molecule has 3 aromatic rings. The van der Waals surface area contributed by atoms with Crippen LogP contribution in [0.5, 0.6) is 0 Å². The minimum atomic E-state index is -0.301. The summed E-state index contributed by atoms with van der Waals surface area (Å²) in [6.45, 7) is 4.22. The van der Waals surface area contributed by atoms with Gasteiger partial charge >= 0.3 is 6.03 Å². The molecule has 0 aliphatic rings. The number of rotatable bonds is 6. The summed E-state index contributed by atoms with van der Waals surface area (Å²) in [6, 6.07) is 9.31. The maximum atomic E-state index is 12.7. The third kappa shape index (κ3) is 4.33. The largest absolute Gasteiger partial charge is 0.328 e. The predicted octanol–water partition coefficient (Wildman–Crippen LogP) is 3.12. The van der Waals surface area contributed by atoms with E-state index in [2.05, 4.69) is 39.7 Å². The molecule has 0 aliphatic carbocycles. The Morgan fingerprint density at radius 3 is 2.48 bits per heavy atom. The average Bonchev–Trinajstić information content (AvgIpc) is 3.21. The van der Waals surface area contributed by atoms with E-state index >= 15 is 0 Å². The van der Waals surface area contributed by atoms with Crippen LogP contribution in [0.25, 0.3) is 11.1 Å². The number of nitrogens with one attached hydrogen (secondary N) is 2. The summed E-state index contributed by atoms with van der Waals surface area (Å²) >= 11 is 0. The third-order valence-electron chi connectivity index (χ3n) is 4.33. The van der Waals surface area contributed by atoms with Crippen LogP contribution in [0.15, 0.2) is 42.9 Å². The van der Waals surface area contributed by atoms with Crippen molar-refractivity contribution in [3.8, 4) is 11.1 Å². The number of hydrogen-bond donors (Lipinski definition) is 2. The first kappa shape index (κ1) is 18.6. The zero-order valence-corrected chi connectivity index (χ0v) is 16.0. The molecule has 0 aliphatic heterocycles. The molecular formula is C19H25N7O. The first-order valence-electron chi connectivity index (χ1n) is 8.94. The van der Waals surface area contributed by atoms with Crippen molar-refractivity contribution in [1.82, 2.24) is 29.9 Å². The number of benzene rings is 1. The number of aromatic nitrogens is 5. The molecule has 27 heavy (non-hydrogen) atoms. The molecule has 2 amide bonds. The molecule has 0 spiro atoms. The van der Waals surface area contributed by atoms with Crippen LogP contribution >= 0.6 is 0 Å². The van der Waals surface area contributed by atoms with Crippen LogP contribution < -0.4 is 10.6 Å². The molecule has 2 heterocycles. The second kappa shape index (κ2) is 8.03. The normalized spacial score (nSPS) is 12.2. The van der Waals surface area contributed by atoms with Gasteiger partial charge in [0, 0.05) is 19.7 Å². The van der Waals surface area contributed by atoms with Crippen molar-refractivity contribution < 1.29 is 4.79 Å². The van der Waals surface area contributed by atoms with Crippen LogP contribution in [0, 0.1) is 5.92 Å². The molecule has 0 fully saturated rings. The standard InChI is InChI=1S/C19H25N7O/c1-13(2)10-16(18-20-12-22-26(18)4)23-19(27)24-17-15(11-21-25(17)3)14-8-6-5-7-9-14/h5-9,11-13,16H,10H2,1-4H3,(H2,23,24,27)/t16-/m0/s1. The Morgan fingerprint density at radius 2 is 1.85 bits per heavy atom. The topological polar surface area (TPSA) is 89.7 Å². The van der Waals surface area contributed by atoms with E-state index in [9.17, 15) is 4.79 Å². The van der Waals surface area contributed by atoms with E-state index in [1.54, 1.807) is 22.6 Å². The first-order chi connectivity index (χ1) is 13.0. The highest BCUT2D eigenvalue weighted by molar-refractivity contribution is 5.93. The highest BCUT2D eigenvalue weighted by atomic mass is 16.2. The Kier molecular flexibility index (Phi) is 5.54. The van der Waals surface area contributed by atoms with Gasteiger partial charge in [-0.05, 0) is 17.9 Å². The third-order valence-corrected chi connectivity index (χ3v) is 4.33. The van der Waals surface area contributed by atoms with Gasteiger partial charge in [0.2, 0.25) is 0 Å². The lowest BCUT2D eigenvalue weighted by Gasteiger charge is -2.20. The molecule has 1 aromatic carbocycles. The van der Waals surface area contributed by atoms with Crippen LogP contribution in [0.4, 0.5) is 10.6 Å². The maximum Gasteiger partial charge on any atom is 0.321 e. The average molecular weight is 367 g/mol. The second-order valence-corrected chi connectivity index (χ2v) is 6.92. The van der Waals surface area contributed by atoms with Crippen molar-refractivity contribution in [1.29, 1.82) is 0 Å². The van der Waals surface area contributed by atoms with E-state index in [1.807, 2.05) is 37.4 Å². The van der Waals surface area contributed by atoms with Crippen LogP contribution in [0.1, 0.15) is 32.1 Å². The Bertz CT molecular complexity index is 898. The van der Waals surface area contributed by atoms with Gasteiger partial charge in [-0.15, -0.1) is 0 Å². The lowest BCUT2D eigenvalue weighted by Crippen LogP contribution is -2.35. The molecule has 0 unspecified atom stereocenters. The molecule has 0 saturated heterocycles. The summed E-state index contributed by atoms with van der Waals surface area (Å²) in [5.74, 6) is 1.76. The number of amides is 2. The number of aryl methyl sites for hydroxylation is 2. The van der Waals surface area contributed by atoms with Crippen LogP contribution in [-0.2, 0) is 14.1 Å². The fourth-order valence-corrected chi connectivity index (χ4v) is 3.04. The van der Waals surface area contributed by atoms with Gasteiger partial charge in [0.1, 0.15) is 18.0 Å². The number of nitrogens with zero attached hydrogens (tertiary/aromatic N) is 5. The van der Waals surface area contributed by atoms with E-state index in [-0.39, 0.29) is 12.1 Å². The molecule has 3 rings (SSSR count). The van der Waals surface area contributed by atoms with E-state index < -0.39 is 0 Å². The maximum absolute atomic E-state index is 12.7. The predicted molar refractivity (Wildman–Crippen MR) is 104 cm³/mol. The Hall–Kier alpha value is -3.16. The molecular weight excluding hydrogens is 342 g/mol. The van der Waals surface area contributed by atoms with Crippen LogP contribution in [-0.4, -0.2) is 30.6 Å². The van der Waals surface area contributed by atoms with Crippen molar-refractivity contribution in [3.63, 3.8) is 0 Å². The van der Waals surface area contributed by atoms with Crippen molar-refractivity contribution in [2.45, 2.75) is 26.3 Å². The number of urea groups is 1. The molecule has 8 heteroatoms. The fourth-order valence-electron chi connectivity index (χ4n) is 3.04. The molecule has 142 valence electrons. The number of hydrogen-bond acceptors (Lipinski definition) is 4. The zero-order valence-electron chi connectivity index (χ0n) is 16.0. The minimum Gasteiger partial charge on any atom is -0.328 e. The number of carbonyl (C=O) groups is 1. The SMILES string of the molecule is CC(C)C[C@H](NC(=O)Nc1c(-c2ccccc2)cnn1C)c1ncnn1C. The number of carbonyl (C=O) groups excluding carboxylic acids is 1. The first-order valence-corrected chi connectivity index (χ1v) is 8.94. The monoisotopic (exact) mass is 367 g/mol. The van der Waals surface area contributed by atoms with E-state index in [0.29, 0.717) is 11.7 Å². The van der Waals surface area contributed by atoms with Gasteiger partial charge in [-0.1, -0.05) is 44.2 Å². The summed E-state index contributed by atoms with van der Waals surface area (Å²) in [7, 11) is 3.63. The van der Waals surface area contributed by atoms with Crippen molar-refractivity contribution in [3.05, 3.63) is 48.7 Å². The highest BCUT2D eigenvalue weighted by Gasteiger charge is 2.22. The van der Waals surface area contributed by atoms with Gasteiger partial charge in [0.25, 0.3) is 0 Å². The van der Waals surface area contributed by atoms with E-state index in [1.165, 1.54) is 6.33 Å². The molecule has 2 aromatic heterocycles. The van der Waals surface area contributed by atoms with Gasteiger partial charge in [0.15, 0.2) is 0 Å². The fraction of sp³-hybridized carbons (Fsp3) is 0.368. The molecule has 0 radical (unpaired) electrons. The quantitative estimate of drug-likeness (QED) is 0.700. The Labute approximate surface area is 158 Å². The van der Waals surface area contributed by atoms with Gasteiger partial charge in [-0.3, -0.25) is 14.7 Å². The van der Waals surface area contributed by atoms with Crippen molar-refractivity contribution in [2.24, 2.45) is 20.0 Å². The molecule has 0 bridgehead atoms. The zero-order chi connectivity index (χ0) is 19.4. The summed E-state index contributed by atoms with van der Waals surface area (Å²) in [6.07, 6.45) is 4.01. The highest BCUT2D eigenvalue weighted by Crippen LogP contribution is 2.27. The Balaban J connectivity index is 1.79. The van der Waals surface area contributed by atoms with Crippen molar-refractivity contribution in [2.75, 3.05) is 5.32 Å². The van der Waals surface area contributed by atoms with E-state index in [0.717, 1.165) is 23.4 Å². The van der Waals surface area contributed by atoms with Gasteiger partial charge in [0.05, 0.1) is 12.2 Å². The lowest BCUT2D eigenvalue weighted by molar-refractivity contribution is 0.245. The van der Waals surface area contributed by atoms with Crippen LogP contribution in [0.2, 0.25) is 0 Å². The smallest absolute Gasteiger partial charge is 0.321 e. The van der Waals surface area contributed by atoms with Gasteiger partial charge in [-0.25, -0.2) is 9.78 Å². The summed E-state index contributed by atoms with van der Waals surface area (Å²) < 4.78 is 3.34. The van der Waals surface area contributed by atoms with E-state index in [4.69, 9.17) is 0 Å². The van der Waals surface area contributed by atoms with Gasteiger partial charge < -0.3 is 5.32 Å². The molecule has 1 atom stereocenters. The molecule has 8 nitrogen and oxygen atoms in total. The lowest BCUT2D eigenvalue weighted by atomic mass is 10.0. The molecule has 2 N–H and O–H groups in total. The van der Waals surface area contributed by atoms with Crippen LogP contribution in [0.3, 0.4) is 0 Å². The van der Waals surface area contributed by atoms with Gasteiger partial charge in [-0.2, -0.15) is 10.2 Å². The Morgan fingerprint density at radius 1 is 1.11 bits per heavy atom. The summed E-state index contributed by atoms with van der Waals surface area (Å²) in [5, 5.41) is 14.4.